The summed E-state index contributed by atoms with van der Waals surface area (Å²) in [6, 6.07) is 6.70. The van der Waals surface area contributed by atoms with Crippen LogP contribution in [0.25, 0.3) is 0 Å². The third-order valence-electron chi connectivity index (χ3n) is 2.83. The van der Waals surface area contributed by atoms with Crippen molar-refractivity contribution in [2.75, 3.05) is 10.6 Å². The minimum Gasteiger partial charge on any atom is -0.276 e. The van der Waals surface area contributed by atoms with Crippen molar-refractivity contribution >= 4 is 27.3 Å². The van der Waals surface area contributed by atoms with Gasteiger partial charge in [-0.1, -0.05) is 12.1 Å². The van der Waals surface area contributed by atoms with Gasteiger partial charge in [-0.05, 0) is 31.0 Å². The molecule has 108 valence electrons. The van der Waals surface area contributed by atoms with Crippen molar-refractivity contribution in [3.8, 4) is 0 Å². The van der Waals surface area contributed by atoms with Crippen LogP contribution in [0.1, 0.15) is 12.5 Å². The molecule has 0 radical (unpaired) electrons. The number of anilines is 1. The highest BCUT2D eigenvalue weighted by Crippen LogP contribution is 2.16. The predicted octanol–water partition coefficient (Wildman–Crippen LogP) is 2.49. The van der Waals surface area contributed by atoms with Crippen molar-refractivity contribution in [3.63, 3.8) is 0 Å². The fraction of sp³-hybridized carbons (Fsp3) is 0.308. The lowest BCUT2D eigenvalue weighted by Crippen LogP contribution is -2.12. The predicted molar refractivity (Wildman–Crippen MR) is 79.6 cm³/mol. The molecule has 20 heavy (non-hydrogen) atoms. The lowest BCUT2D eigenvalue weighted by molar-refractivity contribution is 0.601. The quantitative estimate of drug-likeness (QED) is 0.833. The zero-order valence-electron chi connectivity index (χ0n) is 11.1. The van der Waals surface area contributed by atoms with Crippen LogP contribution in [0.5, 0.6) is 0 Å². The van der Waals surface area contributed by atoms with Crippen molar-refractivity contribution in [2.24, 2.45) is 0 Å². The first-order valence-corrected chi connectivity index (χ1v) is 8.27. The van der Waals surface area contributed by atoms with Gasteiger partial charge in [0.15, 0.2) is 0 Å². The van der Waals surface area contributed by atoms with E-state index in [-0.39, 0.29) is 4.90 Å². The minimum absolute atomic E-state index is 0.222. The van der Waals surface area contributed by atoms with E-state index in [9.17, 15) is 8.42 Å². The second kappa shape index (κ2) is 6.28. The molecule has 0 unspecified atom stereocenters. The first-order chi connectivity index (χ1) is 9.55. The van der Waals surface area contributed by atoms with Gasteiger partial charge in [0.1, 0.15) is 0 Å². The van der Waals surface area contributed by atoms with Gasteiger partial charge in [0.2, 0.25) is 0 Å². The zero-order valence-corrected chi connectivity index (χ0v) is 12.7. The molecule has 0 saturated carbocycles. The standard InChI is InChI=1S/C13H16ClN3O2S/c1-2-17-10-12(9-15-17)16-20(18,19)13-5-3-11(4-6-13)7-8-14/h3-6,9-10,16H,2,7-8H2,1H3. The van der Waals surface area contributed by atoms with E-state index in [4.69, 9.17) is 11.6 Å². The molecule has 0 amide bonds. The highest BCUT2D eigenvalue weighted by atomic mass is 35.5. The molecule has 0 fully saturated rings. The molecule has 0 bridgehead atoms. The van der Waals surface area contributed by atoms with Gasteiger partial charge in [-0.2, -0.15) is 5.10 Å². The summed E-state index contributed by atoms with van der Waals surface area (Å²) in [6.45, 7) is 2.62. The number of aryl methyl sites for hydroxylation is 2. The monoisotopic (exact) mass is 313 g/mol. The van der Waals surface area contributed by atoms with E-state index in [1.165, 1.54) is 6.20 Å². The van der Waals surface area contributed by atoms with Gasteiger partial charge in [0, 0.05) is 18.6 Å². The van der Waals surface area contributed by atoms with Crippen LogP contribution in [0.2, 0.25) is 0 Å². The first-order valence-electron chi connectivity index (χ1n) is 6.25. The van der Waals surface area contributed by atoms with E-state index in [0.717, 1.165) is 12.0 Å². The van der Waals surface area contributed by atoms with E-state index >= 15 is 0 Å². The van der Waals surface area contributed by atoms with Gasteiger partial charge >= 0.3 is 0 Å². The van der Waals surface area contributed by atoms with Crippen LogP contribution in [-0.4, -0.2) is 24.1 Å². The topological polar surface area (TPSA) is 64.0 Å². The van der Waals surface area contributed by atoms with Crippen LogP contribution in [0, 0.1) is 0 Å². The van der Waals surface area contributed by atoms with Gasteiger partial charge < -0.3 is 0 Å². The van der Waals surface area contributed by atoms with Crippen LogP contribution >= 0.6 is 11.6 Å². The number of nitrogens with zero attached hydrogens (tertiary/aromatic N) is 2. The summed E-state index contributed by atoms with van der Waals surface area (Å²) in [5.74, 6) is 0.514. The molecule has 1 aromatic carbocycles. The lowest BCUT2D eigenvalue weighted by atomic mass is 10.2. The number of hydrogen-bond donors (Lipinski definition) is 1. The second-order valence-corrected chi connectivity index (χ2v) is 6.33. The molecule has 0 spiro atoms. The third-order valence-corrected chi connectivity index (χ3v) is 4.41. The molecule has 5 nitrogen and oxygen atoms in total. The Morgan fingerprint density at radius 1 is 1.30 bits per heavy atom. The maximum Gasteiger partial charge on any atom is 0.261 e. The zero-order chi connectivity index (χ0) is 14.6. The molecule has 0 atom stereocenters. The van der Waals surface area contributed by atoms with Crippen LogP contribution in [0.15, 0.2) is 41.6 Å². The first kappa shape index (κ1) is 14.9. The smallest absolute Gasteiger partial charge is 0.261 e. The molecule has 1 N–H and O–H groups in total. The Bertz CT molecular complexity index is 665. The Hall–Kier alpha value is -1.53. The number of rotatable bonds is 6. The van der Waals surface area contributed by atoms with Crippen molar-refractivity contribution < 1.29 is 8.42 Å². The molecule has 7 heteroatoms. The van der Waals surface area contributed by atoms with Gasteiger partial charge in [0.05, 0.1) is 16.8 Å². The largest absolute Gasteiger partial charge is 0.276 e. The van der Waals surface area contributed by atoms with E-state index in [0.29, 0.717) is 18.1 Å². The lowest BCUT2D eigenvalue weighted by Gasteiger charge is -2.06. The van der Waals surface area contributed by atoms with E-state index in [1.807, 2.05) is 6.92 Å². The van der Waals surface area contributed by atoms with Crippen molar-refractivity contribution in [1.82, 2.24) is 9.78 Å². The molecule has 0 aliphatic rings. The van der Waals surface area contributed by atoms with Gasteiger partial charge in [-0.25, -0.2) is 8.42 Å². The van der Waals surface area contributed by atoms with Gasteiger partial charge in [-0.15, -0.1) is 11.6 Å². The highest BCUT2D eigenvalue weighted by Gasteiger charge is 2.14. The fourth-order valence-electron chi connectivity index (χ4n) is 1.75. The number of halogens is 1. The fourth-order valence-corrected chi connectivity index (χ4v) is 2.99. The van der Waals surface area contributed by atoms with Crippen LogP contribution in [0.3, 0.4) is 0 Å². The Balaban J connectivity index is 2.17. The Labute approximate surface area is 123 Å². The molecule has 0 saturated heterocycles. The van der Waals surface area contributed by atoms with Crippen LogP contribution < -0.4 is 4.72 Å². The van der Waals surface area contributed by atoms with Crippen LogP contribution in [-0.2, 0) is 23.0 Å². The average Bonchev–Trinajstić information content (AvgIpc) is 2.87. The number of aromatic nitrogens is 2. The maximum atomic E-state index is 12.2. The van der Waals surface area contributed by atoms with Crippen LogP contribution in [0.4, 0.5) is 5.69 Å². The second-order valence-electron chi connectivity index (χ2n) is 4.27. The number of sulfonamides is 1. The Kier molecular flexibility index (Phi) is 4.67. The molecule has 2 aromatic rings. The van der Waals surface area contributed by atoms with Crippen molar-refractivity contribution in [1.29, 1.82) is 0 Å². The summed E-state index contributed by atoms with van der Waals surface area (Å²) in [4.78, 5) is 0.222. The van der Waals surface area contributed by atoms with E-state index < -0.39 is 10.0 Å². The van der Waals surface area contributed by atoms with E-state index in [1.54, 1.807) is 35.1 Å². The molecule has 0 aliphatic heterocycles. The summed E-state index contributed by atoms with van der Waals surface area (Å²) in [7, 11) is -3.58. The molecule has 1 heterocycles. The van der Waals surface area contributed by atoms with E-state index in [2.05, 4.69) is 9.82 Å². The summed E-state index contributed by atoms with van der Waals surface area (Å²) >= 11 is 5.65. The average molecular weight is 314 g/mol. The summed E-state index contributed by atoms with van der Waals surface area (Å²) in [6.07, 6.45) is 3.86. The third kappa shape index (κ3) is 3.52. The highest BCUT2D eigenvalue weighted by molar-refractivity contribution is 7.92. The molecular weight excluding hydrogens is 298 g/mol. The summed E-state index contributed by atoms with van der Waals surface area (Å²) < 4.78 is 28.5. The molecule has 2 rings (SSSR count). The summed E-state index contributed by atoms with van der Waals surface area (Å²) in [5.41, 5.74) is 1.47. The number of hydrogen-bond acceptors (Lipinski definition) is 3. The Morgan fingerprint density at radius 2 is 2.00 bits per heavy atom. The summed E-state index contributed by atoms with van der Waals surface area (Å²) in [5, 5.41) is 4.03. The number of nitrogens with one attached hydrogen (secondary N) is 1. The van der Waals surface area contributed by atoms with Gasteiger partial charge in [-0.3, -0.25) is 9.40 Å². The molecule has 0 aliphatic carbocycles. The maximum absolute atomic E-state index is 12.2. The number of benzene rings is 1. The van der Waals surface area contributed by atoms with Gasteiger partial charge in [0.25, 0.3) is 10.0 Å². The SMILES string of the molecule is CCn1cc(NS(=O)(=O)c2ccc(CCCl)cc2)cn1. The number of alkyl halides is 1. The molecule has 1 aromatic heterocycles. The normalized spacial score (nSPS) is 11.5. The van der Waals surface area contributed by atoms with Crippen molar-refractivity contribution in [3.05, 3.63) is 42.2 Å². The minimum atomic E-state index is -3.58. The molecular formula is C13H16ClN3O2S. The van der Waals surface area contributed by atoms with Crippen molar-refractivity contribution in [2.45, 2.75) is 24.8 Å². The Morgan fingerprint density at radius 3 is 2.55 bits per heavy atom.